The molecule has 5 nitrogen and oxygen atoms in total. The van der Waals surface area contributed by atoms with Crippen LogP contribution in [-0.2, 0) is 6.54 Å². The third-order valence-corrected chi connectivity index (χ3v) is 3.98. The second-order valence-electron chi connectivity index (χ2n) is 5.12. The van der Waals surface area contributed by atoms with Crippen molar-refractivity contribution < 1.29 is 9.59 Å². The molecule has 1 aromatic rings. The zero-order valence-corrected chi connectivity index (χ0v) is 11.9. The summed E-state index contributed by atoms with van der Waals surface area (Å²) in [5, 5.41) is 3.29. The molecule has 0 aromatic heterocycles. The molecule has 0 spiro atoms. The minimum atomic E-state index is -0.530. The fraction of sp³-hybridized carbons (Fsp3) is 0.429. The van der Waals surface area contributed by atoms with Crippen molar-refractivity contribution in [2.75, 3.05) is 13.1 Å². The van der Waals surface area contributed by atoms with Crippen molar-refractivity contribution in [1.29, 1.82) is 0 Å². The number of primary amides is 1. The van der Waals surface area contributed by atoms with E-state index in [4.69, 9.17) is 5.73 Å². The average Bonchev–Trinajstić information content (AvgIpc) is 2.77. The summed E-state index contributed by atoms with van der Waals surface area (Å²) >= 11 is 0. The van der Waals surface area contributed by atoms with Crippen molar-refractivity contribution in [2.24, 2.45) is 5.73 Å². The Labute approximate surface area is 123 Å². The lowest BCUT2D eigenvalue weighted by atomic mass is 10.0. The van der Waals surface area contributed by atoms with Gasteiger partial charge in [-0.15, -0.1) is 12.4 Å². The highest BCUT2D eigenvalue weighted by atomic mass is 35.5. The molecule has 2 aliphatic heterocycles. The first-order chi connectivity index (χ1) is 9.18. The van der Waals surface area contributed by atoms with Crippen LogP contribution in [-0.4, -0.2) is 35.8 Å². The molecule has 3 rings (SSSR count). The monoisotopic (exact) mass is 295 g/mol. The third-order valence-electron chi connectivity index (χ3n) is 3.98. The third kappa shape index (κ3) is 2.39. The van der Waals surface area contributed by atoms with Gasteiger partial charge in [0.05, 0.1) is 11.1 Å². The summed E-state index contributed by atoms with van der Waals surface area (Å²) in [6.07, 6.45) is 1.93. The van der Waals surface area contributed by atoms with Crippen LogP contribution in [0.1, 0.15) is 39.1 Å². The van der Waals surface area contributed by atoms with E-state index in [-0.39, 0.29) is 24.4 Å². The van der Waals surface area contributed by atoms with Gasteiger partial charge in [0.25, 0.3) is 5.91 Å². The predicted molar refractivity (Wildman–Crippen MR) is 78.0 cm³/mol. The zero-order valence-electron chi connectivity index (χ0n) is 11.1. The number of nitrogens with two attached hydrogens (primary N) is 1. The molecule has 0 aliphatic carbocycles. The molecular formula is C14H18ClN3O2. The maximum atomic E-state index is 12.5. The quantitative estimate of drug-likeness (QED) is 0.852. The minimum Gasteiger partial charge on any atom is -0.366 e. The van der Waals surface area contributed by atoms with Gasteiger partial charge in [-0.25, -0.2) is 0 Å². The van der Waals surface area contributed by atoms with Crippen LogP contribution < -0.4 is 11.1 Å². The number of halogens is 1. The van der Waals surface area contributed by atoms with Crippen molar-refractivity contribution in [2.45, 2.75) is 25.4 Å². The smallest absolute Gasteiger partial charge is 0.255 e. The second kappa shape index (κ2) is 5.81. The number of hydrogen-bond acceptors (Lipinski definition) is 3. The van der Waals surface area contributed by atoms with Gasteiger partial charge in [-0.2, -0.15) is 0 Å². The molecule has 3 N–H and O–H groups in total. The lowest BCUT2D eigenvalue weighted by Crippen LogP contribution is -2.43. The molecule has 2 heterocycles. The first-order valence-electron chi connectivity index (χ1n) is 6.62. The first-order valence-corrected chi connectivity index (χ1v) is 6.62. The lowest BCUT2D eigenvalue weighted by Gasteiger charge is -2.31. The number of hydrogen-bond donors (Lipinski definition) is 2. The van der Waals surface area contributed by atoms with E-state index in [1.54, 1.807) is 12.1 Å². The molecule has 6 heteroatoms. The second-order valence-corrected chi connectivity index (χ2v) is 5.12. The molecule has 20 heavy (non-hydrogen) atoms. The Hall–Kier alpha value is -1.59. The maximum absolute atomic E-state index is 12.5. The number of nitrogens with one attached hydrogen (secondary N) is 1. The largest absolute Gasteiger partial charge is 0.366 e. The molecule has 1 saturated heterocycles. The number of amides is 2. The molecule has 0 radical (unpaired) electrons. The van der Waals surface area contributed by atoms with Crippen molar-refractivity contribution in [3.8, 4) is 0 Å². The maximum Gasteiger partial charge on any atom is 0.255 e. The van der Waals surface area contributed by atoms with Crippen molar-refractivity contribution >= 4 is 24.2 Å². The molecular weight excluding hydrogens is 278 g/mol. The Morgan fingerprint density at radius 3 is 2.65 bits per heavy atom. The van der Waals surface area contributed by atoms with Crippen LogP contribution in [0.4, 0.5) is 0 Å². The molecule has 2 aliphatic rings. The Balaban J connectivity index is 0.00000147. The molecule has 2 amide bonds. The number of nitrogens with zero attached hydrogens (tertiary/aromatic N) is 1. The number of carbonyl (C=O) groups is 2. The van der Waals surface area contributed by atoms with Gasteiger partial charge in [0, 0.05) is 12.6 Å². The van der Waals surface area contributed by atoms with Gasteiger partial charge in [-0.05, 0) is 37.6 Å². The van der Waals surface area contributed by atoms with Crippen LogP contribution in [0.2, 0.25) is 0 Å². The molecule has 108 valence electrons. The van der Waals surface area contributed by atoms with Crippen LogP contribution >= 0.6 is 12.4 Å². The van der Waals surface area contributed by atoms with Crippen LogP contribution in [0.3, 0.4) is 0 Å². The minimum absolute atomic E-state index is 0. The molecule has 0 bridgehead atoms. The van der Waals surface area contributed by atoms with E-state index < -0.39 is 5.91 Å². The van der Waals surface area contributed by atoms with Crippen molar-refractivity contribution in [3.63, 3.8) is 0 Å². The highest BCUT2D eigenvalue weighted by Gasteiger charge is 2.35. The normalized spacial score (nSPS) is 18.6. The molecule has 0 atom stereocenters. The topological polar surface area (TPSA) is 75.4 Å². The van der Waals surface area contributed by atoms with E-state index in [0.29, 0.717) is 17.7 Å². The van der Waals surface area contributed by atoms with Crippen LogP contribution in [0.15, 0.2) is 18.2 Å². The van der Waals surface area contributed by atoms with Gasteiger partial charge >= 0.3 is 0 Å². The molecule has 0 unspecified atom stereocenters. The van der Waals surface area contributed by atoms with Crippen LogP contribution in [0.5, 0.6) is 0 Å². The van der Waals surface area contributed by atoms with Crippen molar-refractivity contribution in [1.82, 2.24) is 10.2 Å². The number of carbonyl (C=O) groups excluding carboxylic acids is 2. The summed E-state index contributed by atoms with van der Waals surface area (Å²) in [5.74, 6) is -0.575. The van der Waals surface area contributed by atoms with Gasteiger partial charge < -0.3 is 16.0 Å². The van der Waals surface area contributed by atoms with E-state index >= 15 is 0 Å². The fourth-order valence-corrected chi connectivity index (χ4v) is 3.00. The Bertz CT molecular complexity index is 541. The summed E-state index contributed by atoms with van der Waals surface area (Å²) in [6, 6.07) is 5.59. The van der Waals surface area contributed by atoms with Gasteiger partial charge in [0.15, 0.2) is 0 Å². The first kappa shape index (κ1) is 14.8. The predicted octanol–water partition coefficient (Wildman–Crippen LogP) is 0.915. The van der Waals surface area contributed by atoms with E-state index in [0.717, 1.165) is 31.5 Å². The average molecular weight is 296 g/mol. The Morgan fingerprint density at radius 1 is 1.30 bits per heavy atom. The number of benzene rings is 1. The van der Waals surface area contributed by atoms with Gasteiger partial charge in [-0.3, -0.25) is 9.59 Å². The van der Waals surface area contributed by atoms with E-state index in [9.17, 15) is 9.59 Å². The Kier molecular flexibility index (Phi) is 4.30. The van der Waals surface area contributed by atoms with Gasteiger partial charge in [0.1, 0.15) is 0 Å². The van der Waals surface area contributed by atoms with E-state index in [1.165, 1.54) is 0 Å². The van der Waals surface area contributed by atoms with Crippen LogP contribution in [0.25, 0.3) is 0 Å². The molecule has 0 saturated carbocycles. The summed E-state index contributed by atoms with van der Waals surface area (Å²) < 4.78 is 0. The SMILES string of the molecule is Cl.NC(=O)c1cccc2c1C(=O)N(C1CCNCC1)C2. The highest BCUT2D eigenvalue weighted by molar-refractivity contribution is 6.09. The van der Waals surface area contributed by atoms with Crippen LogP contribution in [0, 0.1) is 0 Å². The van der Waals surface area contributed by atoms with Gasteiger partial charge in [-0.1, -0.05) is 12.1 Å². The summed E-state index contributed by atoms with van der Waals surface area (Å²) in [4.78, 5) is 25.8. The van der Waals surface area contributed by atoms with Gasteiger partial charge in [0.2, 0.25) is 5.91 Å². The fourth-order valence-electron chi connectivity index (χ4n) is 3.00. The number of fused-ring (bicyclic) bond motifs is 1. The highest BCUT2D eigenvalue weighted by Crippen LogP contribution is 2.29. The molecule has 1 aromatic carbocycles. The number of piperidine rings is 1. The summed E-state index contributed by atoms with van der Waals surface area (Å²) in [5.41, 5.74) is 7.12. The number of rotatable bonds is 2. The standard InChI is InChI=1S/C14H17N3O2.ClH/c15-13(18)11-3-1-2-9-8-17(14(19)12(9)11)10-4-6-16-7-5-10;/h1-3,10,16H,4-8H2,(H2,15,18);1H. The summed E-state index contributed by atoms with van der Waals surface area (Å²) in [7, 11) is 0. The summed E-state index contributed by atoms with van der Waals surface area (Å²) in [6.45, 7) is 2.47. The zero-order chi connectivity index (χ0) is 13.4. The Morgan fingerprint density at radius 2 is 2.00 bits per heavy atom. The van der Waals surface area contributed by atoms with E-state index in [1.807, 2.05) is 11.0 Å². The van der Waals surface area contributed by atoms with Crippen molar-refractivity contribution in [3.05, 3.63) is 34.9 Å². The lowest BCUT2D eigenvalue weighted by molar-refractivity contribution is 0.0665. The van der Waals surface area contributed by atoms with E-state index in [2.05, 4.69) is 5.32 Å². The molecule has 1 fully saturated rings.